The van der Waals surface area contributed by atoms with Gasteiger partial charge in [-0.05, 0) is 38.0 Å². The highest BCUT2D eigenvalue weighted by atomic mass is 79.9. The zero-order valence-corrected chi connectivity index (χ0v) is 12.6. The number of benzene rings is 1. The molecule has 1 aromatic carbocycles. The van der Waals surface area contributed by atoms with Crippen molar-refractivity contribution in [2.45, 2.75) is 49.8 Å². The maximum absolute atomic E-state index is 10.9. The predicted octanol–water partition coefficient (Wildman–Crippen LogP) is 4.87. The molecule has 0 N–H and O–H groups in total. The quantitative estimate of drug-likeness (QED) is 0.425. The van der Waals surface area contributed by atoms with Gasteiger partial charge in [0.25, 0.3) is 5.69 Å². The van der Waals surface area contributed by atoms with Gasteiger partial charge in [0.2, 0.25) is 0 Å². The number of hydrogen-bond acceptors (Lipinski definition) is 2. The lowest BCUT2D eigenvalue weighted by Crippen LogP contribution is -2.11. The third kappa shape index (κ3) is 4.03. The van der Waals surface area contributed by atoms with Crippen molar-refractivity contribution in [3.63, 3.8) is 0 Å². The number of alkyl halides is 1. The average Bonchev–Trinajstić information content (AvgIpc) is 2.93. The summed E-state index contributed by atoms with van der Waals surface area (Å²) in [4.78, 5) is 11.2. The van der Waals surface area contributed by atoms with Crippen LogP contribution in [0.5, 0.6) is 0 Å². The van der Waals surface area contributed by atoms with E-state index in [4.69, 9.17) is 0 Å². The summed E-state index contributed by atoms with van der Waals surface area (Å²) in [5.41, 5.74) is 1.12. The van der Waals surface area contributed by atoms with Crippen LogP contribution >= 0.6 is 15.9 Å². The van der Waals surface area contributed by atoms with Crippen LogP contribution in [0.25, 0.3) is 0 Å². The standard InChI is InChI=1S/C15H20BrNO2/c16-14(12-6-1-2-7-12)10-5-9-13-8-3-4-11-15(13)17(18)19/h3-4,8,11-12,14H,1-2,5-7,9-10H2. The van der Waals surface area contributed by atoms with Gasteiger partial charge in [0.05, 0.1) is 4.92 Å². The Bertz CT molecular complexity index is 430. The lowest BCUT2D eigenvalue weighted by Gasteiger charge is -2.16. The Labute approximate surface area is 122 Å². The molecule has 19 heavy (non-hydrogen) atoms. The van der Waals surface area contributed by atoms with Crippen LogP contribution in [0.2, 0.25) is 0 Å². The van der Waals surface area contributed by atoms with Gasteiger partial charge in [0.1, 0.15) is 0 Å². The van der Waals surface area contributed by atoms with Gasteiger partial charge in [-0.25, -0.2) is 0 Å². The first-order valence-corrected chi connectivity index (χ1v) is 7.96. The van der Waals surface area contributed by atoms with Gasteiger partial charge in [0, 0.05) is 16.5 Å². The van der Waals surface area contributed by atoms with E-state index in [0.29, 0.717) is 4.83 Å². The molecule has 1 atom stereocenters. The van der Waals surface area contributed by atoms with E-state index in [2.05, 4.69) is 15.9 Å². The highest BCUT2D eigenvalue weighted by Crippen LogP contribution is 2.34. The molecule has 0 heterocycles. The van der Waals surface area contributed by atoms with Gasteiger partial charge < -0.3 is 0 Å². The Morgan fingerprint density at radius 2 is 2.00 bits per heavy atom. The fourth-order valence-corrected chi connectivity index (χ4v) is 3.80. The van der Waals surface area contributed by atoms with E-state index in [1.165, 1.54) is 25.7 Å². The molecule has 1 unspecified atom stereocenters. The van der Waals surface area contributed by atoms with Gasteiger partial charge in [-0.15, -0.1) is 0 Å². The van der Waals surface area contributed by atoms with E-state index >= 15 is 0 Å². The van der Waals surface area contributed by atoms with Crippen molar-refractivity contribution in [2.75, 3.05) is 0 Å². The van der Waals surface area contributed by atoms with Crippen LogP contribution in [-0.4, -0.2) is 9.75 Å². The molecule has 1 aliphatic rings. The molecule has 0 aromatic heterocycles. The van der Waals surface area contributed by atoms with Crippen LogP contribution < -0.4 is 0 Å². The van der Waals surface area contributed by atoms with Gasteiger partial charge in [0.15, 0.2) is 0 Å². The first-order valence-electron chi connectivity index (χ1n) is 7.05. The molecule has 3 nitrogen and oxygen atoms in total. The molecular formula is C15H20BrNO2. The number of hydrogen-bond donors (Lipinski definition) is 0. The van der Waals surface area contributed by atoms with Crippen molar-refractivity contribution in [2.24, 2.45) is 5.92 Å². The van der Waals surface area contributed by atoms with Gasteiger partial charge in [-0.2, -0.15) is 0 Å². The summed E-state index contributed by atoms with van der Waals surface area (Å²) in [6.07, 6.45) is 8.30. The van der Waals surface area contributed by atoms with Gasteiger partial charge >= 0.3 is 0 Å². The second-order valence-electron chi connectivity index (χ2n) is 5.34. The van der Waals surface area contributed by atoms with Crippen LogP contribution in [0.4, 0.5) is 5.69 Å². The smallest absolute Gasteiger partial charge is 0.258 e. The van der Waals surface area contributed by atoms with Crippen molar-refractivity contribution < 1.29 is 4.92 Å². The number of aryl methyl sites for hydroxylation is 1. The second kappa shape index (κ2) is 7.04. The van der Waals surface area contributed by atoms with Crippen LogP contribution in [0.1, 0.15) is 44.1 Å². The van der Waals surface area contributed by atoms with Crippen LogP contribution in [0.3, 0.4) is 0 Å². The molecule has 1 fully saturated rings. The number of nitrogens with zero attached hydrogens (tertiary/aromatic N) is 1. The largest absolute Gasteiger partial charge is 0.272 e. The Balaban J connectivity index is 1.83. The summed E-state index contributed by atoms with van der Waals surface area (Å²) in [5, 5.41) is 10.9. The number of nitro groups is 1. The van der Waals surface area contributed by atoms with Gasteiger partial charge in [-0.1, -0.05) is 47.0 Å². The topological polar surface area (TPSA) is 43.1 Å². The molecule has 1 aliphatic carbocycles. The van der Waals surface area contributed by atoms with E-state index in [9.17, 15) is 10.1 Å². The molecule has 0 spiro atoms. The fourth-order valence-electron chi connectivity index (χ4n) is 2.94. The molecule has 0 radical (unpaired) electrons. The summed E-state index contributed by atoms with van der Waals surface area (Å²) in [5.74, 6) is 0.811. The third-order valence-electron chi connectivity index (χ3n) is 4.03. The van der Waals surface area contributed by atoms with Crippen LogP contribution in [-0.2, 0) is 6.42 Å². The molecule has 0 aliphatic heterocycles. The molecule has 1 saturated carbocycles. The van der Waals surface area contributed by atoms with Crippen molar-refractivity contribution in [1.82, 2.24) is 0 Å². The summed E-state index contributed by atoms with van der Waals surface area (Å²) in [6.45, 7) is 0. The molecule has 104 valence electrons. The maximum atomic E-state index is 10.9. The first-order chi connectivity index (χ1) is 9.18. The summed E-state index contributed by atoms with van der Waals surface area (Å²) in [7, 11) is 0. The Morgan fingerprint density at radius 1 is 1.32 bits per heavy atom. The monoisotopic (exact) mass is 325 g/mol. The highest BCUT2D eigenvalue weighted by molar-refractivity contribution is 9.09. The zero-order valence-electron chi connectivity index (χ0n) is 11.1. The minimum Gasteiger partial charge on any atom is -0.258 e. The molecule has 4 heteroatoms. The van der Waals surface area contributed by atoms with E-state index in [1.807, 2.05) is 12.1 Å². The van der Waals surface area contributed by atoms with Crippen LogP contribution in [0, 0.1) is 16.0 Å². The third-order valence-corrected chi connectivity index (χ3v) is 5.23. The molecule has 2 rings (SSSR count). The average molecular weight is 326 g/mol. The lowest BCUT2D eigenvalue weighted by molar-refractivity contribution is -0.385. The number of para-hydroxylation sites is 1. The van der Waals surface area contributed by atoms with Crippen LogP contribution in [0.15, 0.2) is 24.3 Å². The second-order valence-corrected chi connectivity index (χ2v) is 6.51. The van der Waals surface area contributed by atoms with Crippen molar-refractivity contribution in [3.8, 4) is 0 Å². The number of nitro benzene ring substituents is 1. The number of halogens is 1. The molecule has 1 aromatic rings. The minimum absolute atomic E-state index is 0.259. The Kier molecular flexibility index (Phi) is 5.37. The van der Waals surface area contributed by atoms with Crippen molar-refractivity contribution in [1.29, 1.82) is 0 Å². The summed E-state index contributed by atoms with van der Waals surface area (Å²) in [6, 6.07) is 7.08. The summed E-state index contributed by atoms with van der Waals surface area (Å²) < 4.78 is 0. The Hall–Kier alpha value is -0.900. The molecule has 0 amide bonds. The molecule has 0 bridgehead atoms. The lowest BCUT2D eigenvalue weighted by atomic mass is 9.98. The van der Waals surface area contributed by atoms with E-state index in [-0.39, 0.29) is 10.6 Å². The van der Waals surface area contributed by atoms with E-state index < -0.39 is 0 Å². The van der Waals surface area contributed by atoms with Gasteiger partial charge in [-0.3, -0.25) is 10.1 Å². The Morgan fingerprint density at radius 3 is 2.68 bits per heavy atom. The molecular weight excluding hydrogens is 306 g/mol. The highest BCUT2D eigenvalue weighted by Gasteiger charge is 2.22. The predicted molar refractivity (Wildman–Crippen MR) is 80.7 cm³/mol. The molecule has 0 saturated heterocycles. The number of rotatable bonds is 6. The minimum atomic E-state index is -0.280. The van der Waals surface area contributed by atoms with Crippen molar-refractivity contribution >= 4 is 21.6 Å². The summed E-state index contributed by atoms with van der Waals surface area (Å²) >= 11 is 3.79. The van der Waals surface area contributed by atoms with E-state index in [1.54, 1.807) is 12.1 Å². The zero-order chi connectivity index (χ0) is 13.7. The maximum Gasteiger partial charge on any atom is 0.272 e. The van der Waals surface area contributed by atoms with E-state index in [0.717, 1.165) is 30.7 Å². The first kappa shape index (κ1) is 14.5. The van der Waals surface area contributed by atoms with Crippen molar-refractivity contribution in [3.05, 3.63) is 39.9 Å². The normalized spacial score (nSPS) is 17.5. The fraction of sp³-hybridized carbons (Fsp3) is 0.600. The SMILES string of the molecule is O=[N+]([O-])c1ccccc1CCCC(Br)C1CCCC1.